The van der Waals surface area contributed by atoms with Crippen LogP contribution in [0.1, 0.15) is 25.0 Å². The van der Waals surface area contributed by atoms with Crippen molar-refractivity contribution in [2.75, 3.05) is 0 Å². The van der Waals surface area contributed by atoms with Crippen molar-refractivity contribution in [3.8, 4) is 44.5 Å². The highest BCUT2D eigenvalue weighted by atomic mass is 16.3. The maximum atomic E-state index is 6.66. The van der Waals surface area contributed by atoms with E-state index in [1.807, 2.05) is 12.1 Å². The Morgan fingerprint density at radius 2 is 0.873 bits per heavy atom. The second kappa shape index (κ2) is 12.6. The molecule has 0 unspecified atom stereocenters. The molecule has 2 aromatic heterocycles. The molecule has 1 aliphatic carbocycles. The Kier molecular flexibility index (Phi) is 6.93. The molecule has 11 aromatic carbocycles. The number of hydrogen-bond acceptors (Lipinski definition) is 2. The molecule has 2 heteroatoms. The van der Waals surface area contributed by atoms with Crippen LogP contribution in [0.3, 0.4) is 0 Å². The molecule has 2 nitrogen and oxygen atoms in total. The molecular formula is C61H38O2. The third-order valence-corrected chi connectivity index (χ3v) is 14.2. The summed E-state index contributed by atoms with van der Waals surface area (Å²) in [6, 6.07) is 71.4. The van der Waals surface area contributed by atoms with Gasteiger partial charge in [0.05, 0.1) is 0 Å². The Balaban J connectivity index is 0.893. The van der Waals surface area contributed by atoms with Gasteiger partial charge in [0.15, 0.2) is 0 Å². The van der Waals surface area contributed by atoms with Crippen molar-refractivity contribution in [2.45, 2.75) is 19.3 Å². The lowest BCUT2D eigenvalue weighted by molar-refractivity contribution is 0.660. The van der Waals surface area contributed by atoms with Gasteiger partial charge in [0, 0.05) is 32.3 Å². The topological polar surface area (TPSA) is 26.3 Å². The quantitative estimate of drug-likeness (QED) is 0.166. The van der Waals surface area contributed by atoms with Crippen molar-refractivity contribution in [1.82, 2.24) is 0 Å². The maximum Gasteiger partial charge on any atom is 0.143 e. The average Bonchev–Trinajstić information content (AvgIpc) is 3.97. The fourth-order valence-electron chi connectivity index (χ4n) is 11.2. The van der Waals surface area contributed by atoms with E-state index in [9.17, 15) is 0 Å². The molecule has 0 N–H and O–H groups in total. The summed E-state index contributed by atoms with van der Waals surface area (Å²) in [7, 11) is 0. The molecule has 0 atom stereocenters. The predicted molar refractivity (Wildman–Crippen MR) is 265 cm³/mol. The number of hydrogen-bond donors (Lipinski definition) is 0. The second-order valence-corrected chi connectivity index (χ2v) is 17.9. The highest BCUT2D eigenvalue weighted by Crippen LogP contribution is 2.52. The summed E-state index contributed by atoms with van der Waals surface area (Å²) in [4.78, 5) is 0. The average molecular weight is 803 g/mol. The van der Waals surface area contributed by atoms with E-state index in [1.165, 1.54) is 88.0 Å². The molecule has 0 amide bonds. The molecule has 2 heterocycles. The van der Waals surface area contributed by atoms with E-state index in [2.05, 4.69) is 196 Å². The zero-order valence-electron chi connectivity index (χ0n) is 34.8. The van der Waals surface area contributed by atoms with E-state index < -0.39 is 0 Å². The third-order valence-electron chi connectivity index (χ3n) is 14.2. The Labute approximate surface area is 363 Å². The van der Waals surface area contributed by atoms with Crippen LogP contribution in [-0.4, -0.2) is 0 Å². The molecule has 13 aromatic rings. The van der Waals surface area contributed by atoms with Crippen LogP contribution in [0.25, 0.3) is 131 Å². The van der Waals surface area contributed by atoms with Crippen molar-refractivity contribution in [3.05, 3.63) is 205 Å². The Morgan fingerprint density at radius 3 is 1.65 bits per heavy atom. The van der Waals surface area contributed by atoms with E-state index >= 15 is 0 Å². The van der Waals surface area contributed by atoms with Crippen molar-refractivity contribution in [3.63, 3.8) is 0 Å². The first kappa shape index (κ1) is 34.7. The zero-order valence-corrected chi connectivity index (χ0v) is 34.8. The third kappa shape index (κ3) is 4.84. The van der Waals surface area contributed by atoms with Gasteiger partial charge in [0.25, 0.3) is 0 Å². The van der Waals surface area contributed by atoms with E-state index in [-0.39, 0.29) is 5.41 Å². The van der Waals surface area contributed by atoms with Gasteiger partial charge in [-0.25, -0.2) is 0 Å². The Hall–Kier alpha value is -7.94. The number of rotatable bonds is 3. The summed E-state index contributed by atoms with van der Waals surface area (Å²) in [5, 5.41) is 14.3. The first-order valence-electron chi connectivity index (χ1n) is 21.9. The van der Waals surface area contributed by atoms with Crippen LogP contribution in [0, 0.1) is 0 Å². The molecule has 14 rings (SSSR count). The highest BCUT2D eigenvalue weighted by molar-refractivity contribution is 6.26. The molecule has 0 spiro atoms. The molecule has 294 valence electrons. The summed E-state index contributed by atoms with van der Waals surface area (Å²) in [5.74, 6) is 0. The van der Waals surface area contributed by atoms with Crippen LogP contribution in [0.5, 0.6) is 0 Å². The zero-order chi connectivity index (χ0) is 41.6. The SMILES string of the molecule is CC1(C)c2ccc(-c3c4ccccc4c(-c4ccc5ccccc5c4)c4ccccc34)cc2-c2ccc(-c3ccc4oc5c(ccc6c5ccc5oc7ccccc7c56)c4c3)cc21. The van der Waals surface area contributed by atoms with Gasteiger partial charge < -0.3 is 8.83 Å². The van der Waals surface area contributed by atoms with Crippen LogP contribution in [0.2, 0.25) is 0 Å². The second-order valence-electron chi connectivity index (χ2n) is 17.9. The lowest BCUT2D eigenvalue weighted by Gasteiger charge is -2.22. The minimum atomic E-state index is -0.169. The van der Waals surface area contributed by atoms with Gasteiger partial charge in [-0.15, -0.1) is 0 Å². The molecule has 0 aliphatic heterocycles. The van der Waals surface area contributed by atoms with Crippen molar-refractivity contribution in [1.29, 1.82) is 0 Å². The van der Waals surface area contributed by atoms with Crippen LogP contribution in [0.15, 0.2) is 203 Å². The van der Waals surface area contributed by atoms with Crippen molar-refractivity contribution >= 4 is 87.0 Å². The molecule has 1 aliphatic rings. The predicted octanol–water partition coefficient (Wildman–Crippen LogP) is 17.4. The van der Waals surface area contributed by atoms with Gasteiger partial charge in [-0.05, 0) is 148 Å². The van der Waals surface area contributed by atoms with Crippen LogP contribution >= 0.6 is 0 Å². The van der Waals surface area contributed by atoms with E-state index in [1.54, 1.807) is 0 Å². The molecule has 0 saturated carbocycles. The molecular weight excluding hydrogens is 765 g/mol. The van der Waals surface area contributed by atoms with Gasteiger partial charge in [-0.3, -0.25) is 0 Å². The van der Waals surface area contributed by atoms with Crippen LogP contribution in [-0.2, 0) is 5.41 Å². The minimum Gasteiger partial charge on any atom is -0.456 e. The first-order valence-corrected chi connectivity index (χ1v) is 21.9. The van der Waals surface area contributed by atoms with Gasteiger partial charge in [-0.1, -0.05) is 153 Å². The lowest BCUT2D eigenvalue weighted by Crippen LogP contribution is -2.15. The maximum absolute atomic E-state index is 6.66. The molecule has 63 heavy (non-hydrogen) atoms. The Bertz CT molecular complexity index is 4060. The largest absolute Gasteiger partial charge is 0.456 e. The van der Waals surface area contributed by atoms with Gasteiger partial charge in [0.1, 0.15) is 22.3 Å². The number of benzene rings is 11. The number of para-hydroxylation sites is 1. The summed E-state index contributed by atoms with van der Waals surface area (Å²) in [6.45, 7) is 4.75. The standard InChI is InChI=1S/C61H38O2/c1-61(2)52-28-22-40(58-44-15-7-5-13-42(44)57(43-14-6-8-16-45(43)58)39-20-19-35-11-3-4-12-36(35)31-39)33-50(52)41-24-21-38(34-53(41)61)37-23-29-55-51(32-37)48-26-25-46-47(60(48)63-55)27-30-56-59(46)49-17-9-10-18-54(49)62-56/h3-34H,1-2H3. The van der Waals surface area contributed by atoms with Gasteiger partial charge >= 0.3 is 0 Å². The van der Waals surface area contributed by atoms with Crippen LogP contribution < -0.4 is 0 Å². The van der Waals surface area contributed by atoms with Gasteiger partial charge in [-0.2, -0.15) is 0 Å². The fraction of sp³-hybridized carbons (Fsp3) is 0.0492. The van der Waals surface area contributed by atoms with Crippen molar-refractivity contribution < 1.29 is 8.83 Å². The van der Waals surface area contributed by atoms with E-state index in [0.29, 0.717) is 0 Å². The summed E-state index contributed by atoms with van der Waals surface area (Å²) >= 11 is 0. The molecule has 0 saturated heterocycles. The molecule has 0 radical (unpaired) electrons. The highest BCUT2D eigenvalue weighted by Gasteiger charge is 2.36. The van der Waals surface area contributed by atoms with E-state index in [4.69, 9.17) is 8.83 Å². The van der Waals surface area contributed by atoms with Crippen LogP contribution in [0.4, 0.5) is 0 Å². The minimum absolute atomic E-state index is 0.169. The number of furan rings is 2. The van der Waals surface area contributed by atoms with E-state index in [0.717, 1.165) is 54.6 Å². The summed E-state index contributed by atoms with van der Waals surface area (Å²) < 4.78 is 12.9. The Morgan fingerprint density at radius 1 is 0.317 bits per heavy atom. The monoisotopic (exact) mass is 802 g/mol. The molecule has 0 fully saturated rings. The molecule has 0 bridgehead atoms. The fourth-order valence-corrected chi connectivity index (χ4v) is 11.2. The first-order chi connectivity index (χ1) is 31.0. The van der Waals surface area contributed by atoms with Crippen molar-refractivity contribution in [2.24, 2.45) is 0 Å². The summed E-state index contributed by atoms with van der Waals surface area (Å²) in [6.07, 6.45) is 0. The van der Waals surface area contributed by atoms with Gasteiger partial charge in [0.2, 0.25) is 0 Å². The number of fused-ring (bicyclic) bond motifs is 15. The summed E-state index contributed by atoms with van der Waals surface area (Å²) in [5.41, 5.74) is 16.2. The normalized spacial score (nSPS) is 13.4. The lowest BCUT2D eigenvalue weighted by atomic mass is 9.81. The smallest absolute Gasteiger partial charge is 0.143 e.